The number of carbonyl (C=O) groups is 2. The third-order valence-corrected chi connectivity index (χ3v) is 5.82. The van der Waals surface area contributed by atoms with Gasteiger partial charge in [-0.05, 0) is 74.2 Å². The molecule has 0 saturated heterocycles. The number of hydrogen-bond acceptors (Lipinski definition) is 4. The quantitative estimate of drug-likeness (QED) is 0.246. The first-order valence-corrected chi connectivity index (χ1v) is 10.8. The summed E-state index contributed by atoms with van der Waals surface area (Å²) in [5, 5.41) is 0. The van der Waals surface area contributed by atoms with E-state index < -0.39 is 5.97 Å². The first kappa shape index (κ1) is 23.3. The van der Waals surface area contributed by atoms with Crippen molar-refractivity contribution >= 4 is 11.8 Å². The summed E-state index contributed by atoms with van der Waals surface area (Å²) in [5.74, 6) is 0.939. The molecule has 4 heteroatoms. The van der Waals surface area contributed by atoms with Crippen LogP contribution in [0.4, 0.5) is 0 Å². The summed E-state index contributed by atoms with van der Waals surface area (Å²) in [7, 11) is 0. The fourth-order valence-corrected chi connectivity index (χ4v) is 3.67. The average Bonchev–Trinajstić information content (AvgIpc) is 2.76. The molecule has 0 fully saturated rings. The Morgan fingerprint density at radius 2 is 1.28 bits per heavy atom. The lowest BCUT2D eigenvalue weighted by Gasteiger charge is -2.27. The van der Waals surface area contributed by atoms with Crippen LogP contribution in [0.25, 0.3) is 0 Å². The lowest BCUT2D eigenvalue weighted by atomic mass is 9.77. The van der Waals surface area contributed by atoms with E-state index in [1.54, 1.807) is 24.3 Å². The number of aryl methyl sites for hydroxylation is 2. The summed E-state index contributed by atoms with van der Waals surface area (Å²) >= 11 is 0. The maximum absolute atomic E-state index is 12.6. The molecule has 0 radical (unpaired) electrons. The Kier molecular flexibility index (Phi) is 6.83. The van der Waals surface area contributed by atoms with Gasteiger partial charge >= 0.3 is 5.97 Å². The highest BCUT2D eigenvalue weighted by Gasteiger charge is 2.25. The second kappa shape index (κ2) is 9.39. The van der Waals surface area contributed by atoms with E-state index in [1.807, 2.05) is 32.0 Å². The molecule has 4 nitrogen and oxygen atoms in total. The molecule has 0 aliphatic rings. The van der Waals surface area contributed by atoms with E-state index >= 15 is 0 Å². The standard InChI is InChI=1S/C28H30O4/c1-7-31-25-14-12-23(16-18(25)2)28(5,6)24-13-15-26(19(3)17-24)32-27(30)22-10-8-21(9-11-22)20(4)29/h8-17H,7H2,1-6H3. The minimum absolute atomic E-state index is 0.0401. The molecule has 0 atom stereocenters. The summed E-state index contributed by atoms with van der Waals surface area (Å²) in [6.07, 6.45) is 0. The molecule has 3 aromatic carbocycles. The van der Waals surface area contributed by atoms with Gasteiger partial charge in [-0.1, -0.05) is 50.2 Å². The monoisotopic (exact) mass is 430 g/mol. The highest BCUT2D eigenvalue weighted by Crippen LogP contribution is 2.36. The van der Waals surface area contributed by atoms with Crippen molar-refractivity contribution in [3.63, 3.8) is 0 Å². The zero-order chi connectivity index (χ0) is 23.5. The third kappa shape index (κ3) is 4.91. The molecule has 0 amide bonds. The fraction of sp³-hybridized carbons (Fsp3) is 0.286. The van der Waals surface area contributed by atoms with Gasteiger partial charge in [0.2, 0.25) is 0 Å². The number of esters is 1. The minimum atomic E-state index is -0.447. The second-order valence-corrected chi connectivity index (χ2v) is 8.54. The summed E-state index contributed by atoms with van der Waals surface area (Å²) in [6, 6.07) is 18.7. The van der Waals surface area contributed by atoms with Crippen LogP contribution in [0, 0.1) is 13.8 Å². The molecule has 0 aliphatic carbocycles. The first-order valence-electron chi connectivity index (χ1n) is 10.8. The molecule has 3 aromatic rings. The van der Waals surface area contributed by atoms with E-state index in [-0.39, 0.29) is 11.2 Å². The van der Waals surface area contributed by atoms with Gasteiger partial charge in [0, 0.05) is 11.0 Å². The number of carbonyl (C=O) groups excluding carboxylic acids is 2. The maximum Gasteiger partial charge on any atom is 0.343 e. The Labute approximate surface area is 190 Å². The van der Waals surface area contributed by atoms with Gasteiger partial charge in [-0.15, -0.1) is 0 Å². The van der Waals surface area contributed by atoms with Crippen LogP contribution in [-0.4, -0.2) is 18.4 Å². The molecule has 0 bridgehead atoms. The van der Waals surface area contributed by atoms with E-state index in [0.29, 0.717) is 23.5 Å². The van der Waals surface area contributed by atoms with Gasteiger partial charge in [0.05, 0.1) is 12.2 Å². The molecule has 0 aliphatic heterocycles. The van der Waals surface area contributed by atoms with E-state index in [9.17, 15) is 9.59 Å². The van der Waals surface area contributed by atoms with Crippen molar-refractivity contribution in [2.24, 2.45) is 0 Å². The Hall–Kier alpha value is -3.40. The first-order chi connectivity index (χ1) is 15.1. The maximum atomic E-state index is 12.6. The smallest absolute Gasteiger partial charge is 0.343 e. The molecule has 0 spiro atoms. The van der Waals surface area contributed by atoms with Gasteiger partial charge < -0.3 is 9.47 Å². The zero-order valence-corrected chi connectivity index (χ0v) is 19.6. The minimum Gasteiger partial charge on any atom is -0.494 e. The number of ketones is 1. The Morgan fingerprint density at radius 1 is 0.781 bits per heavy atom. The lowest BCUT2D eigenvalue weighted by molar-refractivity contribution is 0.0733. The summed E-state index contributed by atoms with van der Waals surface area (Å²) in [5.41, 5.74) is 5.04. The third-order valence-electron chi connectivity index (χ3n) is 5.82. The molecule has 0 aromatic heterocycles. The topological polar surface area (TPSA) is 52.6 Å². The van der Waals surface area contributed by atoms with Crippen molar-refractivity contribution in [2.75, 3.05) is 6.61 Å². The molecular weight excluding hydrogens is 400 g/mol. The Morgan fingerprint density at radius 3 is 1.75 bits per heavy atom. The van der Waals surface area contributed by atoms with Crippen LogP contribution in [0.3, 0.4) is 0 Å². The largest absolute Gasteiger partial charge is 0.494 e. The van der Waals surface area contributed by atoms with E-state index in [0.717, 1.165) is 22.4 Å². The van der Waals surface area contributed by atoms with E-state index in [2.05, 4.69) is 39.0 Å². The predicted octanol–water partition coefficient (Wildman–Crippen LogP) is 6.45. The van der Waals surface area contributed by atoms with Crippen LogP contribution < -0.4 is 9.47 Å². The number of ether oxygens (including phenoxy) is 2. The van der Waals surface area contributed by atoms with Crippen LogP contribution in [0.1, 0.15) is 70.7 Å². The molecule has 0 saturated carbocycles. The molecule has 0 heterocycles. The Balaban J connectivity index is 1.81. The number of Topliss-reactive ketones (excluding diaryl/α,β-unsaturated/α-hetero) is 1. The molecule has 166 valence electrons. The molecule has 32 heavy (non-hydrogen) atoms. The molecule has 0 N–H and O–H groups in total. The van der Waals surface area contributed by atoms with Gasteiger partial charge in [-0.3, -0.25) is 4.79 Å². The van der Waals surface area contributed by atoms with Crippen molar-refractivity contribution < 1.29 is 19.1 Å². The highest BCUT2D eigenvalue weighted by atomic mass is 16.5. The average molecular weight is 431 g/mol. The van der Waals surface area contributed by atoms with Crippen LogP contribution in [0.2, 0.25) is 0 Å². The summed E-state index contributed by atoms with van der Waals surface area (Å²) in [4.78, 5) is 24.0. The van der Waals surface area contributed by atoms with Crippen molar-refractivity contribution in [2.45, 2.75) is 47.0 Å². The second-order valence-electron chi connectivity index (χ2n) is 8.54. The molecule has 0 unspecified atom stereocenters. The van der Waals surface area contributed by atoms with Crippen LogP contribution in [0.15, 0.2) is 60.7 Å². The lowest BCUT2D eigenvalue weighted by Crippen LogP contribution is -2.19. The van der Waals surface area contributed by atoms with Crippen molar-refractivity contribution in [3.05, 3.63) is 94.0 Å². The van der Waals surface area contributed by atoms with E-state index in [1.165, 1.54) is 12.5 Å². The number of benzene rings is 3. The normalized spacial score (nSPS) is 11.2. The van der Waals surface area contributed by atoms with Gasteiger partial charge in [0.1, 0.15) is 11.5 Å². The molecule has 3 rings (SSSR count). The van der Waals surface area contributed by atoms with Crippen LogP contribution in [0.5, 0.6) is 11.5 Å². The fourth-order valence-electron chi connectivity index (χ4n) is 3.67. The number of hydrogen-bond donors (Lipinski definition) is 0. The summed E-state index contributed by atoms with van der Waals surface area (Å²) < 4.78 is 11.3. The zero-order valence-electron chi connectivity index (χ0n) is 19.6. The van der Waals surface area contributed by atoms with Gasteiger partial charge in [-0.2, -0.15) is 0 Å². The highest BCUT2D eigenvalue weighted by molar-refractivity contribution is 5.96. The van der Waals surface area contributed by atoms with Gasteiger partial charge in [0.15, 0.2) is 5.78 Å². The van der Waals surface area contributed by atoms with Crippen molar-refractivity contribution in [3.8, 4) is 11.5 Å². The van der Waals surface area contributed by atoms with E-state index in [4.69, 9.17) is 9.47 Å². The Bertz CT molecular complexity index is 1140. The van der Waals surface area contributed by atoms with Gasteiger partial charge in [0.25, 0.3) is 0 Å². The number of rotatable bonds is 7. The molecular formula is C28H30O4. The van der Waals surface area contributed by atoms with Crippen LogP contribution >= 0.6 is 0 Å². The summed E-state index contributed by atoms with van der Waals surface area (Å²) in [6.45, 7) is 12.5. The van der Waals surface area contributed by atoms with Gasteiger partial charge in [-0.25, -0.2) is 4.79 Å². The van der Waals surface area contributed by atoms with Crippen LogP contribution in [-0.2, 0) is 5.41 Å². The van der Waals surface area contributed by atoms with Crippen molar-refractivity contribution in [1.82, 2.24) is 0 Å². The SMILES string of the molecule is CCOc1ccc(C(C)(C)c2ccc(OC(=O)c3ccc(C(C)=O)cc3)c(C)c2)cc1C. The predicted molar refractivity (Wildman–Crippen MR) is 127 cm³/mol. The van der Waals surface area contributed by atoms with Crippen molar-refractivity contribution in [1.29, 1.82) is 0 Å².